The van der Waals surface area contributed by atoms with Gasteiger partial charge in [-0.1, -0.05) is 0 Å². The maximum atomic E-state index is 11.7. The van der Waals surface area contributed by atoms with Gasteiger partial charge in [0.15, 0.2) is 6.29 Å². The lowest BCUT2D eigenvalue weighted by atomic mass is 9.72. The molecule has 17 N–H and O–H groups in total. The lowest BCUT2D eigenvalue weighted by Crippen LogP contribution is -2.70. The van der Waals surface area contributed by atoms with Gasteiger partial charge in [0.25, 0.3) is 0 Å². The van der Waals surface area contributed by atoms with Crippen molar-refractivity contribution < 1.29 is 60.2 Å². The maximum absolute atomic E-state index is 11.7. The van der Waals surface area contributed by atoms with E-state index in [1.165, 1.54) is 0 Å². The predicted molar refractivity (Wildman–Crippen MR) is 141 cm³/mol. The first-order chi connectivity index (χ1) is 19.5. The molecule has 0 aromatic carbocycles. The maximum Gasteiger partial charge on any atom is 0.186 e. The molecule has 2 heterocycles. The zero-order valence-electron chi connectivity index (χ0n) is 22.9. The molecule has 2 unspecified atom stereocenters. The van der Waals surface area contributed by atoms with Crippen LogP contribution in [-0.4, -0.2) is 177 Å². The summed E-state index contributed by atoms with van der Waals surface area (Å²) >= 11 is 0. The molecule has 0 spiro atoms. The van der Waals surface area contributed by atoms with E-state index in [2.05, 4.69) is 10.6 Å². The number of aliphatic hydroxyl groups is 9. The van der Waals surface area contributed by atoms with E-state index in [9.17, 15) is 40.9 Å². The molecule has 3 fully saturated rings. The van der Waals surface area contributed by atoms with Crippen LogP contribution in [0.3, 0.4) is 0 Å². The fourth-order valence-corrected chi connectivity index (χ4v) is 5.90. The molecular formula is C24H49N5O12. The Hall–Kier alpha value is -0.680. The monoisotopic (exact) mass is 599 g/mol. The molecule has 242 valence electrons. The fraction of sp³-hybridized carbons (Fsp3) is 1.00. The van der Waals surface area contributed by atoms with Crippen LogP contribution in [0.1, 0.15) is 12.8 Å². The van der Waals surface area contributed by atoms with Crippen LogP contribution in [0.5, 0.6) is 0 Å². The molecule has 3 rings (SSSR count). The summed E-state index contributed by atoms with van der Waals surface area (Å²) in [7, 11) is 0. The number of hydrogen-bond acceptors (Lipinski definition) is 17. The van der Waals surface area contributed by atoms with Crippen LogP contribution in [0.2, 0.25) is 0 Å². The van der Waals surface area contributed by atoms with E-state index in [-0.39, 0.29) is 25.9 Å². The lowest BCUT2D eigenvalue weighted by Gasteiger charge is -2.52. The first-order valence-electron chi connectivity index (χ1n) is 14.0. The number of rotatable bonds is 13. The van der Waals surface area contributed by atoms with Gasteiger partial charge in [0.2, 0.25) is 0 Å². The largest absolute Gasteiger partial charge is 0.395 e. The number of aliphatic hydroxyl groups excluding tert-OH is 9. The first-order valence-corrected chi connectivity index (χ1v) is 14.0. The van der Waals surface area contributed by atoms with Gasteiger partial charge in [-0.05, 0) is 12.8 Å². The molecule has 0 bridgehead atoms. The Bertz CT molecular complexity index is 773. The van der Waals surface area contributed by atoms with Gasteiger partial charge in [-0.2, -0.15) is 0 Å². The number of nitrogens with two attached hydrogens (primary N) is 3. The third-order valence-electron chi connectivity index (χ3n) is 8.28. The van der Waals surface area contributed by atoms with Crippen LogP contribution < -0.4 is 27.8 Å². The van der Waals surface area contributed by atoms with Gasteiger partial charge in [-0.15, -0.1) is 0 Å². The van der Waals surface area contributed by atoms with Gasteiger partial charge in [0, 0.05) is 37.1 Å². The van der Waals surface area contributed by atoms with Gasteiger partial charge in [0.05, 0.1) is 69.0 Å². The third kappa shape index (κ3) is 8.28. The van der Waals surface area contributed by atoms with E-state index in [1.54, 1.807) is 0 Å². The van der Waals surface area contributed by atoms with E-state index in [4.69, 9.17) is 36.5 Å². The Morgan fingerprint density at radius 2 is 1.51 bits per heavy atom. The fourth-order valence-electron chi connectivity index (χ4n) is 5.90. The number of ether oxygens (including phenoxy) is 3. The van der Waals surface area contributed by atoms with E-state index in [1.807, 2.05) is 0 Å². The first kappa shape index (κ1) is 34.8. The zero-order valence-corrected chi connectivity index (χ0v) is 22.9. The molecule has 0 radical (unpaired) electrons. The van der Waals surface area contributed by atoms with Gasteiger partial charge >= 0.3 is 0 Å². The predicted octanol–water partition coefficient (Wildman–Crippen LogP) is -8.05. The van der Waals surface area contributed by atoms with Crippen LogP contribution in [0.4, 0.5) is 0 Å². The summed E-state index contributed by atoms with van der Waals surface area (Å²) in [6.45, 7) is -1.75. The van der Waals surface area contributed by atoms with Crippen molar-refractivity contribution in [1.82, 2.24) is 10.6 Å². The highest BCUT2D eigenvalue weighted by Crippen LogP contribution is 2.36. The normalized spacial score (nSPS) is 44.7. The van der Waals surface area contributed by atoms with Crippen molar-refractivity contribution in [2.75, 3.05) is 39.5 Å². The molecule has 2 aliphatic heterocycles. The van der Waals surface area contributed by atoms with Gasteiger partial charge in [-0.3, -0.25) is 0 Å². The molecule has 3 aliphatic rings. The highest BCUT2D eigenvalue weighted by molar-refractivity contribution is 5.06. The molecule has 0 aromatic rings. The van der Waals surface area contributed by atoms with Crippen molar-refractivity contribution in [3.8, 4) is 0 Å². The summed E-state index contributed by atoms with van der Waals surface area (Å²) in [5.74, 6) is -0.846. The smallest absolute Gasteiger partial charge is 0.186 e. The third-order valence-corrected chi connectivity index (χ3v) is 8.28. The lowest BCUT2D eigenvalue weighted by molar-refractivity contribution is -0.307. The van der Waals surface area contributed by atoms with Crippen molar-refractivity contribution >= 4 is 0 Å². The molecule has 0 amide bonds. The Kier molecular flexibility index (Phi) is 13.5. The van der Waals surface area contributed by atoms with Gasteiger partial charge in [0.1, 0.15) is 24.4 Å². The Balaban J connectivity index is 1.83. The number of nitrogens with one attached hydrogen (secondary N) is 2. The highest BCUT2D eigenvalue weighted by Gasteiger charge is 2.53. The van der Waals surface area contributed by atoms with E-state index in [0.29, 0.717) is 0 Å². The summed E-state index contributed by atoms with van der Waals surface area (Å²) in [4.78, 5) is 0. The van der Waals surface area contributed by atoms with Crippen molar-refractivity contribution in [1.29, 1.82) is 0 Å². The molecular weight excluding hydrogens is 550 g/mol. The second-order valence-electron chi connectivity index (χ2n) is 11.3. The van der Waals surface area contributed by atoms with Crippen molar-refractivity contribution in [3.05, 3.63) is 0 Å². The summed E-state index contributed by atoms with van der Waals surface area (Å²) in [6.07, 6.45) is -11.5. The van der Waals surface area contributed by atoms with E-state index < -0.39 is 124 Å². The van der Waals surface area contributed by atoms with Crippen molar-refractivity contribution in [2.24, 2.45) is 23.1 Å². The molecule has 2 saturated heterocycles. The molecule has 17 nitrogen and oxygen atoms in total. The minimum absolute atomic E-state index is 0.0564. The van der Waals surface area contributed by atoms with Crippen LogP contribution in [0.25, 0.3) is 0 Å². The average Bonchev–Trinajstić information content (AvgIpc) is 2.95. The van der Waals surface area contributed by atoms with Crippen molar-refractivity contribution in [3.63, 3.8) is 0 Å². The highest BCUT2D eigenvalue weighted by atomic mass is 16.7. The van der Waals surface area contributed by atoms with Crippen LogP contribution in [0.15, 0.2) is 0 Å². The van der Waals surface area contributed by atoms with Gasteiger partial charge in [-0.25, -0.2) is 0 Å². The topological polar surface area (TPSA) is 312 Å². The van der Waals surface area contributed by atoms with Crippen LogP contribution in [0, 0.1) is 5.92 Å². The molecule has 0 aromatic heterocycles. The average molecular weight is 600 g/mol. The molecule has 15 atom stereocenters. The SMILES string of the molecule is N[C@@H]1[C@@H](O)[C@@H](O[C@H]2[C@H](NC(CO)CO)C[C@H](N)C([C@H]3O[C@H](CNCC(O)CO)[C@@H](O)C[C@H]3N)[C@@H]2O)O[C@H](CO)[C@H]1O. The van der Waals surface area contributed by atoms with Crippen LogP contribution in [-0.2, 0) is 14.2 Å². The minimum Gasteiger partial charge on any atom is -0.395 e. The molecule has 1 aliphatic carbocycles. The Morgan fingerprint density at radius 3 is 2.12 bits per heavy atom. The Morgan fingerprint density at radius 1 is 0.829 bits per heavy atom. The second-order valence-corrected chi connectivity index (χ2v) is 11.3. The second kappa shape index (κ2) is 15.9. The van der Waals surface area contributed by atoms with Gasteiger partial charge < -0.3 is 88.0 Å². The minimum atomic E-state index is -1.53. The van der Waals surface area contributed by atoms with E-state index in [0.717, 1.165) is 0 Å². The molecule has 1 saturated carbocycles. The standard InChI is InChI=1S/C24H49N5O12/c25-11-1-13(29-9(5-30)6-31)23(41-24-21(38)18(27)19(36)16(8-33)40-24)20(37)17(11)22-12(26)2-14(35)15(39-22)4-28-3-10(34)7-32/h9-24,28-38H,1-8,25-27H2/t10?,11-,12+,13+,14-,15+,16+,17?,18-,19+,20-,21+,22-,23-,24+/m0/s1. The summed E-state index contributed by atoms with van der Waals surface area (Å²) in [6, 6.07) is -4.26. The molecule has 41 heavy (non-hydrogen) atoms. The summed E-state index contributed by atoms with van der Waals surface area (Å²) in [5, 5.41) is 96.6. The van der Waals surface area contributed by atoms with Crippen LogP contribution >= 0.6 is 0 Å². The summed E-state index contributed by atoms with van der Waals surface area (Å²) in [5.41, 5.74) is 18.8. The quantitative estimate of drug-likeness (QED) is 0.0934. The zero-order chi connectivity index (χ0) is 30.4. The Labute approximate surface area is 238 Å². The summed E-state index contributed by atoms with van der Waals surface area (Å²) < 4.78 is 17.8. The number of hydrogen-bond donors (Lipinski definition) is 14. The van der Waals surface area contributed by atoms with Crippen molar-refractivity contribution in [2.45, 2.75) is 104 Å². The molecule has 17 heteroatoms. The van der Waals surface area contributed by atoms with E-state index >= 15 is 0 Å².